The zero-order valence-electron chi connectivity index (χ0n) is 13.3. The summed E-state index contributed by atoms with van der Waals surface area (Å²) in [6, 6.07) is 10.4. The molecule has 3 heteroatoms. The molecule has 0 bridgehead atoms. The molecule has 2 rings (SSSR count). The zero-order chi connectivity index (χ0) is 15.3. The van der Waals surface area contributed by atoms with E-state index in [-0.39, 0.29) is 11.3 Å². The Kier molecular flexibility index (Phi) is 5.04. The van der Waals surface area contributed by atoms with Crippen LogP contribution in [0.1, 0.15) is 51.5 Å². The van der Waals surface area contributed by atoms with Gasteiger partial charge < -0.3 is 11.1 Å². The van der Waals surface area contributed by atoms with E-state index < -0.39 is 5.54 Å². The van der Waals surface area contributed by atoms with Gasteiger partial charge in [0.05, 0.1) is 5.54 Å². The van der Waals surface area contributed by atoms with E-state index in [2.05, 4.69) is 43.4 Å². The number of carbonyl (C=O) groups excluding carboxylic acids is 1. The minimum Gasteiger partial charge on any atom is -0.354 e. The highest BCUT2D eigenvalue weighted by Crippen LogP contribution is 2.27. The van der Waals surface area contributed by atoms with Crippen molar-refractivity contribution in [2.75, 3.05) is 6.54 Å². The summed E-state index contributed by atoms with van der Waals surface area (Å²) in [5.41, 5.74) is 6.97. The van der Waals surface area contributed by atoms with Crippen LogP contribution in [0.15, 0.2) is 30.3 Å². The standard InChI is InChI=1S/C18H28N2O/c1-17(2,13-15-9-5-3-6-10-15)14-20-16(21)18(19)11-7-4-8-12-18/h3,5-6,9-10H,4,7-8,11-14,19H2,1-2H3,(H,20,21). The third-order valence-electron chi connectivity index (χ3n) is 4.45. The lowest BCUT2D eigenvalue weighted by atomic mass is 9.81. The number of amides is 1. The Hall–Kier alpha value is -1.35. The average molecular weight is 288 g/mol. The summed E-state index contributed by atoms with van der Waals surface area (Å²) in [4.78, 5) is 12.4. The Balaban J connectivity index is 1.87. The van der Waals surface area contributed by atoms with Gasteiger partial charge in [0.1, 0.15) is 0 Å². The molecular formula is C18H28N2O. The van der Waals surface area contributed by atoms with Crippen LogP contribution in [-0.4, -0.2) is 18.0 Å². The van der Waals surface area contributed by atoms with Crippen molar-refractivity contribution in [2.24, 2.45) is 11.1 Å². The van der Waals surface area contributed by atoms with E-state index in [0.29, 0.717) is 6.54 Å². The van der Waals surface area contributed by atoms with E-state index in [1.807, 2.05) is 6.07 Å². The van der Waals surface area contributed by atoms with Crippen LogP contribution in [0.2, 0.25) is 0 Å². The normalized spacial score (nSPS) is 18.2. The molecule has 3 nitrogen and oxygen atoms in total. The predicted octanol–water partition coefficient (Wildman–Crippen LogP) is 3.03. The summed E-state index contributed by atoms with van der Waals surface area (Å²) in [6.45, 7) is 5.04. The summed E-state index contributed by atoms with van der Waals surface area (Å²) < 4.78 is 0. The maximum Gasteiger partial charge on any atom is 0.240 e. The molecule has 0 saturated heterocycles. The fourth-order valence-electron chi connectivity index (χ4n) is 3.12. The summed E-state index contributed by atoms with van der Waals surface area (Å²) in [5, 5.41) is 3.09. The van der Waals surface area contributed by atoms with Gasteiger partial charge in [-0.15, -0.1) is 0 Å². The minimum atomic E-state index is -0.638. The Morgan fingerprint density at radius 1 is 1.19 bits per heavy atom. The highest BCUT2D eigenvalue weighted by molar-refractivity contribution is 5.86. The molecule has 21 heavy (non-hydrogen) atoms. The second kappa shape index (κ2) is 6.61. The molecule has 0 unspecified atom stereocenters. The molecule has 1 aliphatic carbocycles. The van der Waals surface area contributed by atoms with Gasteiger partial charge in [-0.3, -0.25) is 4.79 Å². The van der Waals surface area contributed by atoms with Crippen molar-refractivity contribution < 1.29 is 4.79 Å². The van der Waals surface area contributed by atoms with Crippen LogP contribution in [-0.2, 0) is 11.2 Å². The first kappa shape index (κ1) is 16.0. The molecular weight excluding hydrogens is 260 g/mol. The monoisotopic (exact) mass is 288 g/mol. The molecule has 0 aromatic heterocycles. The van der Waals surface area contributed by atoms with Gasteiger partial charge in [-0.05, 0) is 30.2 Å². The lowest BCUT2D eigenvalue weighted by molar-refractivity contribution is -0.127. The van der Waals surface area contributed by atoms with E-state index >= 15 is 0 Å². The fourth-order valence-corrected chi connectivity index (χ4v) is 3.12. The molecule has 0 aliphatic heterocycles. The topological polar surface area (TPSA) is 55.1 Å². The number of benzene rings is 1. The smallest absolute Gasteiger partial charge is 0.240 e. The van der Waals surface area contributed by atoms with Gasteiger partial charge in [0.15, 0.2) is 0 Å². The van der Waals surface area contributed by atoms with Crippen molar-refractivity contribution in [1.82, 2.24) is 5.32 Å². The highest BCUT2D eigenvalue weighted by atomic mass is 16.2. The largest absolute Gasteiger partial charge is 0.354 e. The van der Waals surface area contributed by atoms with Crippen LogP contribution in [0, 0.1) is 5.41 Å². The van der Waals surface area contributed by atoms with Crippen molar-refractivity contribution in [3.05, 3.63) is 35.9 Å². The first-order valence-electron chi connectivity index (χ1n) is 8.02. The summed E-state index contributed by atoms with van der Waals surface area (Å²) >= 11 is 0. The average Bonchev–Trinajstić information content (AvgIpc) is 2.46. The molecule has 1 amide bonds. The van der Waals surface area contributed by atoms with E-state index in [0.717, 1.165) is 32.1 Å². The van der Waals surface area contributed by atoms with Crippen molar-refractivity contribution in [3.8, 4) is 0 Å². The minimum absolute atomic E-state index is 0.0298. The highest BCUT2D eigenvalue weighted by Gasteiger charge is 2.35. The van der Waals surface area contributed by atoms with Crippen molar-refractivity contribution in [2.45, 2.75) is 57.9 Å². The Morgan fingerprint density at radius 3 is 2.43 bits per heavy atom. The molecule has 1 aromatic carbocycles. The van der Waals surface area contributed by atoms with Gasteiger partial charge in [0.25, 0.3) is 0 Å². The second-order valence-electron chi connectivity index (χ2n) is 7.23. The molecule has 0 spiro atoms. The first-order chi connectivity index (χ1) is 9.91. The Labute approximate surface area is 128 Å². The SMILES string of the molecule is CC(C)(CNC(=O)C1(N)CCCCC1)Cc1ccccc1. The van der Waals surface area contributed by atoms with Gasteiger partial charge in [-0.1, -0.05) is 63.4 Å². The molecule has 0 heterocycles. The van der Waals surface area contributed by atoms with Crippen molar-refractivity contribution in [1.29, 1.82) is 0 Å². The van der Waals surface area contributed by atoms with E-state index in [4.69, 9.17) is 5.73 Å². The van der Waals surface area contributed by atoms with Crippen LogP contribution in [0.4, 0.5) is 0 Å². The maximum absolute atomic E-state index is 12.4. The lowest BCUT2D eigenvalue weighted by Gasteiger charge is -2.33. The second-order valence-corrected chi connectivity index (χ2v) is 7.23. The number of carbonyl (C=O) groups is 1. The molecule has 3 N–H and O–H groups in total. The maximum atomic E-state index is 12.4. The molecule has 116 valence electrons. The van der Waals surface area contributed by atoms with Crippen LogP contribution in [0.25, 0.3) is 0 Å². The summed E-state index contributed by atoms with van der Waals surface area (Å²) in [7, 11) is 0. The molecule has 1 aliphatic rings. The zero-order valence-corrected chi connectivity index (χ0v) is 13.3. The van der Waals surface area contributed by atoms with E-state index in [9.17, 15) is 4.79 Å². The summed E-state index contributed by atoms with van der Waals surface area (Å²) in [5.74, 6) is 0.0309. The number of nitrogens with two attached hydrogens (primary N) is 1. The molecule has 0 atom stereocenters. The fraction of sp³-hybridized carbons (Fsp3) is 0.611. The molecule has 1 fully saturated rings. The van der Waals surface area contributed by atoms with Gasteiger partial charge >= 0.3 is 0 Å². The van der Waals surface area contributed by atoms with Crippen molar-refractivity contribution >= 4 is 5.91 Å². The van der Waals surface area contributed by atoms with Gasteiger partial charge in [0, 0.05) is 6.54 Å². The van der Waals surface area contributed by atoms with Crippen LogP contribution in [0.3, 0.4) is 0 Å². The van der Waals surface area contributed by atoms with Crippen molar-refractivity contribution in [3.63, 3.8) is 0 Å². The first-order valence-corrected chi connectivity index (χ1v) is 8.02. The molecule has 0 radical (unpaired) electrons. The molecule has 1 aromatic rings. The van der Waals surface area contributed by atoms with E-state index in [1.165, 1.54) is 12.0 Å². The van der Waals surface area contributed by atoms with Gasteiger partial charge in [-0.25, -0.2) is 0 Å². The van der Waals surface area contributed by atoms with Crippen LogP contribution >= 0.6 is 0 Å². The third-order valence-corrected chi connectivity index (χ3v) is 4.45. The Bertz CT molecular complexity index is 461. The number of hydrogen-bond acceptors (Lipinski definition) is 2. The number of rotatable bonds is 5. The number of nitrogens with one attached hydrogen (secondary N) is 1. The quantitative estimate of drug-likeness (QED) is 0.875. The van der Waals surface area contributed by atoms with Gasteiger partial charge in [0.2, 0.25) is 5.91 Å². The van der Waals surface area contributed by atoms with Crippen LogP contribution < -0.4 is 11.1 Å². The number of hydrogen-bond donors (Lipinski definition) is 2. The molecule has 1 saturated carbocycles. The summed E-state index contributed by atoms with van der Waals surface area (Å²) in [6.07, 6.45) is 5.92. The van der Waals surface area contributed by atoms with Crippen LogP contribution in [0.5, 0.6) is 0 Å². The van der Waals surface area contributed by atoms with E-state index in [1.54, 1.807) is 0 Å². The third kappa shape index (κ3) is 4.57. The lowest BCUT2D eigenvalue weighted by Crippen LogP contribution is -2.56. The predicted molar refractivity (Wildman–Crippen MR) is 86.9 cm³/mol. The van der Waals surface area contributed by atoms with Gasteiger partial charge in [-0.2, -0.15) is 0 Å². The Morgan fingerprint density at radius 2 is 1.81 bits per heavy atom.